The third kappa shape index (κ3) is 2.52. The molecular weight excluding hydrogens is 204 g/mol. The smallest absolute Gasteiger partial charge is 0.142 e. The lowest BCUT2D eigenvalue weighted by atomic mass is 10.2. The van der Waals surface area contributed by atoms with Crippen LogP contribution in [-0.2, 0) is 13.2 Å². The Bertz CT molecular complexity index is 447. The molecule has 0 aliphatic heterocycles. The van der Waals surface area contributed by atoms with Crippen LogP contribution in [0, 0.1) is 0 Å². The van der Waals surface area contributed by atoms with Crippen molar-refractivity contribution in [1.82, 2.24) is 15.0 Å². The minimum absolute atomic E-state index is 0.368. The fourth-order valence-electron chi connectivity index (χ4n) is 1.26. The van der Waals surface area contributed by atoms with Crippen LogP contribution in [-0.4, -0.2) is 15.0 Å². The van der Waals surface area contributed by atoms with Gasteiger partial charge in [0.25, 0.3) is 0 Å². The molecule has 0 aliphatic carbocycles. The Labute approximate surface area is 93.3 Å². The standard InChI is InChI=1S/C11H12N4O/c12-5-9-1-2-13-7-11(9)16-8-10-6-14-3-4-15-10/h1-4,6-7H,5,8,12H2. The lowest BCUT2D eigenvalue weighted by molar-refractivity contribution is 0.296. The normalized spacial score (nSPS) is 10.1. The highest BCUT2D eigenvalue weighted by molar-refractivity contribution is 5.29. The summed E-state index contributed by atoms with van der Waals surface area (Å²) in [5.41, 5.74) is 7.29. The largest absolute Gasteiger partial charge is 0.485 e. The molecule has 0 saturated heterocycles. The molecule has 2 N–H and O–H groups in total. The zero-order valence-corrected chi connectivity index (χ0v) is 8.71. The van der Waals surface area contributed by atoms with Crippen LogP contribution >= 0.6 is 0 Å². The second-order valence-corrected chi connectivity index (χ2v) is 3.17. The Morgan fingerprint density at radius 1 is 1.12 bits per heavy atom. The maximum atomic E-state index is 5.58. The molecule has 0 amide bonds. The quantitative estimate of drug-likeness (QED) is 0.822. The first kappa shape index (κ1) is 10.5. The zero-order valence-electron chi connectivity index (χ0n) is 8.71. The molecule has 0 saturated carbocycles. The molecule has 5 heteroatoms. The maximum absolute atomic E-state index is 5.58. The number of aromatic nitrogens is 3. The van der Waals surface area contributed by atoms with Crippen molar-refractivity contribution in [3.05, 3.63) is 48.3 Å². The SMILES string of the molecule is NCc1ccncc1OCc1cnccn1. The topological polar surface area (TPSA) is 73.9 Å². The average Bonchev–Trinajstić information content (AvgIpc) is 2.38. The molecule has 0 radical (unpaired) electrons. The molecule has 0 aromatic carbocycles. The molecule has 82 valence electrons. The van der Waals surface area contributed by atoms with Crippen LogP contribution in [0.3, 0.4) is 0 Å². The zero-order chi connectivity index (χ0) is 11.2. The van der Waals surface area contributed by atoms with E-state index in [0.717, 1.165) is 11.3 Å². The first-order chi connectivity index (χ1) is 7.90. The van der Waals surface area contributed by atoms with Gasteiger partial charge in [0.15, 0.2) is 0 Å². The number of rotatable bonds is 4. The highest BCUT2D eigenvalue weighted by Gasteiger charge is 2.02. The molecule has 0 spiro atoms. The van der Waals surface area contributed by atoms with Gasteiger partial charge in [-0.3, -0.25) is 15.0 Å². The van der Waals surface area contributed by atoms with Gasteiger partial charge in [-0.15, -0.1) is 0 Å². The minimum Gasteiger partial charge on any atom is -0.485 e. The van der Waals surface area contributed by atoms with Crippen LogP contribution in [0.15, 0.2) is 37.1 Å². The lowest BCUT2D eigenvalue weighted by Gasteiger charge is -2.08. The molecule has 0 fully saturated rings. The van der Waals surface area contributed by atoms with Gasteiger partial charge in [0.05, 0.1) is 18.1 Å². The summed E-state index contributed by atoms with van der Waals surface area (Å²) in [6, 6.07) is 1.84. The number of pyridine rings is 1. The van der Waals surface area contributed by atoms with Crippen LogP contribution in [0.25, 0.3) is 0 Å². The molecular formula is C11H12N4O. The van der Waals surface area contributed by atoms with Crippen molar-refractivity contribution in [3.63, 3.8) is 0 Å². The molecule has 2 aromatic heterocycles. The maximum Gasteiger partial charge on any atom is 0.142 e. The summed E-state index contributed by atoms with van der Waals surface area (Å²) < 4.78 is 5.57. The highest BCUT2D eigenvalue weighted by Crippen LogP contribution is 2.16. The first-order valence-electron chi connectivity index (χ1n) is 4.91. The fourth-order valence-corrected chi connectivity index (χ4v) is 1.26. The summed E-state index contributed by atoms with van der Waals surface area (Å²) in [4.78, 5) is 12.1. The molecule has 0 unspecified atom stereocenters. The van der Waals surface area contributed by atoms with Gasteiger partial charge in [0.1, 0.15) is 12.4 Å². The number of hydrogen-bond acceptors (Lipinski definition) is 5. The summed E-state index contributed by atoms with van der Waals surface area (Å²) in [5, 5.41) is 0. The third-order valence-corrected chi connectivity index (χ3v) is 2.08. The number of nitrogens with zero attached hydrogens (tertiary/aromatic N) is 3. The number of hydrogen-bond donors (Lipinski definition) is 1. The number of ether oxygens (including phenoxy) is 1. The van der Waals surface area contributed by atoms with E-state index in [1.54, 1.807) is 31.0 Å². The number of nitrogens with two attached hydrogens (primary N) is 1. The van der Waals surface area contributed by atoms with E-state index < -0.39 is 0 Å². The molecule has 5 nitrogen and oxygen atoms in total. The Morgan fingerprint density at radius 3 is 2.75 bits per heavy atom. The van der Waals surface area contributed by atoms with Crippen molar-refractivity contribution in [3.8, 4) is 5.75 Å². The fraction of sp³-hybridized carbons (Fsp3) is 0.182. The average molecular weight is 216 g/mol. The highest BCUT2D eigenvalue weighted by atomic mass is 16.5. The van der Waals surface area contributed by atoms with Crippen molar-refractivity contribution in [1.29, 1.82) is 0 Å². The van der Waals surface area contributed by atoms with E-state index in [2.05, 4.69) is 15.0 Å². The summed E-state index contributed by atoms with van der Waals surface area (Å²) in [5.74, 6) is 0.690. The Balaban J connectivity index is 2.05. The second kappa shape index (κ2) is 5.18. The van der Waals surface area contributed by atoms with Gasteiger partial charge < -0.3 is 10.5 Å². The van der Waals surface area contributed by atoms with Crippen LogP contribution in [0.5, 0.6) is 5.75 Å². The first-order valence-corrected chi connectivity index (χ1v) is 4.91. The van der Waals surface area contributed by atoms with Crippen molar-refractivity contribution in [2.24, 2.45) is 5.73 Å². The summed E-state index contributed by atoms with van der Waals surface area (Å²) in [7, 11) is 0. The molecule has 2 aromatic rings. The van der Waals surface area contributed by atoms with E-state index in [4.69, 9.17) is 10.5 Å². The third-order valence-electron chi connectivity index (χ3n) is 2.08. The summed E-state index contributed by atoms with van der Waals surface area (Å²) in [6.07, 6.45) is 8.26. The van der Waals surface area contributed by atoms with E-state index in [0.29, 0.717) is 18.9 Å². The monoisotopic (exact) mass is 216 g/mol. The Hall–Kier alpha value is -2.01. The molecule has 2 rings (SSSR count). The van der Waals surface area contributed by atoms with Crippen LogP contribution < -0.4 is 10.5 Å². The van der Waals surface area contributed by atoms with Crippen molar-refractivity contribution in [2.45, 2.75) is 13.2 Å². The van der Waals surface area contributed by atoms with Gasteiger partial charge in [0.2, 0.25) is 0 Å². The van der Waals surface area contributed by atoms with E-state index in [-0.39, 0.29) is 0 Å². The second-order valence-electron chi connectivity index (χ2n) is 3.17. The predicted molar refractivity (Wildman–Crippen MR) is 58.5 cm³/mol. The molecule has 0 aliphatic rings. The van der Waals surface area contributed by atoms with Gasteiger partial charge in [-0.05, 0) is 6.07 Å². The van der Waals surface area contributed by atoms with Crippen LogP contribution in [0.4, 0.5) is 0 Å². The van der Waals surface area contributed by atoms with Crippen molar-refractivity contribution in [2.75, 3.05) is 0 Å². The van der Waals surface area contributed by atoms with Gasteiger partial charge in [-0.25, -0.2) is 0 Å². The molecule has 2 heterocycles. The Kier molecular flexibility index (Phi) is 3.40. The summed E-state index contributed by atoms with van der Waals surface area (Å²) >= 11 is 0. The van der Waals surface area contributed by atoms with E-state index in [9.17, 15) is 0 Å². The molecule has 16 heavy (non-hydrogen) atoms. The molecule has 0 bridgehead atoms. The van der Waals surface area contributed by atoms with Crippen LogP contribution in [0.2, 0.25) is 0 Å². The van der Waals surface area contributed by atoms with Gasteiger partial charge in [-0.2, -0.15) is 0 Å². The van der Waals surface area contributed by atoms with Gasteiger partial charge in [-0.1, -0.05) is 0 Å². The van der Waals surface area contributed by atoms with Gasteiger partial charge in [0, 0.05) is 30.7 Å². The van der Waals surface area contributed by atoms with E-state index in [1.165, 1.54) is 0 Å². The van der Waals surface area contributed by atoms with E-state index in [1.807, 2.05) is 6.07 Å². The van der Waals surface area contributed by atoms with Crippen molar-refractivity contribution >= 4 is 0 Å². The molecule has 0 atom stereocenters. The predicted octanol–water partition coefficient (Wildman–Crippen LogP) is 0.909. The van der Waals surface area contributed by atoms with Gasteiger partial charge >= 0.3 is 0 Å². The lowest BCUT2D eigenvalue weighted by Crippen LogP contribution is -2.04. The Morgan fingerprint density at radius 2 is 2.00 bits per heavy atom. The van der Waals surface area contributed by atoms with E-state index >= 15 is 0 Å². The minimum atomic E-state index is 0.368. The van der Waals surface area contributed by atoms with Crippen molar-refractivity contribution < 1.29 is 4.74 Å². The summed E-state index contributed by atoms with van der Waals surface area (Å²) in [6.45, 7) is 0.796. The van der Waals surface area contributed by atoms with Crippen LogP contribution in [0.1, 0.15) is 11.3 Å².